The molecule has 1 aliphatic rings. The SMILES string of the molecule is CC(C)C(=O)NC1CCN(C(=O)c2cccnc2Br)CC1. The third kappa shape index (κ3) is 4.03. The summed E-state index contributed by atoms with van der Waals surface area (Å²) in [6, 6.07) is 3.70. The number of amides is 2. The van der Waals surface area contributed by atoms with Crippen molar-refractivity contribution in [2.24, 2.45) is 5.92 Å². The second-order valence-electron chi connectivity index (χ2n) is 5.57. The Kier molecular flexibility index (Phi) is 5.33. The fourth-order valence-corrected chi connectivity index (χ4v) is 2.73. The number of carbonyl (C=O) groups is 2. The molecule has 5 nitrogen and oxygen atoms in total. The molecule has 0 atom stereocenters. The van der Waals surface area contributed by atoms with Gasteiger partial charge in [-0.1, -0.05) is 13.8 Å². The molecular weight excluding hydrogens is 334 g/mol. The van der Waals surface area contributed by atoms with Crippen LogP contribution in [0.1, 0.15) is 37.0 Å². The minimum Gasteiger partial charge on any atom is -0.353 e. The van der Waals surface area contributed by atoms with Crippen molar-refractivity contribution in [1.82, 2.24) is 15.2 Å². The molecule has 0 radical (unpaired) electrons. The largest absolute Gasteiger partial charge is 0.353 e. The van der Waals surface area contributed by atoms with E-state index in [0.29, 0.717) is 23.3 Å². The van der Waals surface area contributed by atoms with E-state index in [9.17, 15) is 9.59 Å². The summed E-state index contributed by atoms with van der Waals surface area (Å²) in [6.45, 7) is 5.08. The second kappa shape index (κ2) is 7.02. The van der Waals surface area contributed by atoms with Crippen molar-refractivity contribution in [2.45, 2.75) is 32.7 Å². The van der Waals surface area contributed by atoms with Crippen LogP contribution in [-0.2, 0) is 4.79 Å². The number of rotatable bonds is 3. The first-order valence-corrected chi connectivity index (χ1v) is 7.98. The van der Waals surface area contributed by atoms with Gasteiger partial charge in [0.15, 0.2) is 0 Å². The van der Waals surface area contributed by atoms with Crippen LogP contribution in [0.25, 0.3) is 0 Å². The number of likely N-dealkylation sites (tertiary alicyclic amines) is 1. The van der Waals surface area contributed by atoms with E-state index in [0.717, 1.165) is 12.8 Å². The summed E-state index contributed by atoms with van der Waals surface area (Å²) in [4.78, 5) is 30.0. The van der Waals surface area contributed by atoms with Gasteiger partial charge in [-0.25, -0.2) is 4.98 Å². The van der Waals surface area contributed by atoms with Gasteiger partial charge in [0.05, 0.1) is 5.56 Å². The lowest BCUT2D eigenvalue weighted by molar-refractivity contribution is -0.124. The fourth-order valence-electron chi connectivity index (χ4n) is 2.31. The van der Waals surface area contributed by atoms with Crippen molar-refractivity contribution in [3.63, 3.8) is 0 Å². The number of halogens is 1. The Labute approximate surface area is 133 Å². The Morgan fingerprint density at radius 3 is 2.62 bits per heavy atom. The van der Waals surface area contributed by atoms with E-state index in [1.807, 2.05) is 18.7 Å². The molecule has 6 heteroatoms. The quantitative estimate of drug-likeness (QED) is 0.847. The summed E-state index contributed by atoms with van der Waals surface area (Å²) in [5.74, 6) is 0.0643. The number of nitrogens with one attached hydrogen (secondary N) is 1. The first-order chi connectivity index (χ1) is 9.99. The van der Waals surface area contributed by atoms with Crippen molar-refractivity contribution in [3.05, 3.63) is 28.5 Å². The molecule has 0 saturated carbocycles. The second-order valence-corrected chi connectivity index (χ2v) is 6.32. The van der Waals surface area contributed by atoms with Crippen LogP contribution < -0.4 is 5.32 Å². The molecule has 0 bridgehead atoms. The number of nitrogens with zero attached hydrogens (tertiary/aromatic N) is 2. The van der Waals surface area contributed by atoms with Gasteiger partial charge in [-0.05, 0) is 40.9 Å². The van der Waals surface area contributed by atoms with Crippen LogP contribution >= 0.6 is 15.9 Å². The van der Waals surface area contributed by atoms with Gasteiger partial charge in [0.25, 0.3) is 5.91 Å². The normalized spacial score (nSPS) is 16.1. The predicted molar refractivity (Wildman–Crippen MR) is 83.8 cm³/mol. The Balaban J connectivity index is 1.91. The average molecular weight is 354 g/mol. The zero-order valence-electron chi connectivity index (χ0n) is 12.3. The van der Waals surface area contributed by atoms with E-state index in [1.165, 1.54) is 0 Å². The summed E-state index contributed by atoms with van der Waals surface area (Å²) in [5.41, 5.74) is 0.585. The van der Waals surface area contributed by atoms with Crippen LogP contribution in [0.4, 0.5) is 0 Å². The molecule has 1 saturated heterocycles. The van der Waals surface area contributed by atoms with Crippen molar-refractivity contribution >= 4 is 27.7 Å². The van der Waals surface area contributed by atoms with Crippen LogP contribution in [0.15, 0.2) is 22.9 Å². The number of pyridine rings is 1. The summed E-state index contributed by atoms with van der Waals surface area (Å²) >= 11 is 3.31. The van der Waals surface area contributed by atoms with Crippen molar-refractivity contribution in [1.29, 1.82) is 0 Å². The first-order valence-electron chi connectivity index (χ1n) is 7.19. The van der Waals surface area contributed by atoms with Gasteiger partial charge in [0.1, 0.15) is 4.60 Å². The fraction of sp³-hybridized carbons (Fsp3) is 0.533. The van der Waals surface area contributed by atoms with E-state index in [1.54, 1.807) is 18.3 Å². The minimum absolute atomic E-state index is 0.00369. The van der Waals surface area contributed by atoms with Gasteiger partial charge in [-0.15, -0.1) is 0 Å². The molecule has 2 amide bonds. The third-order valence-electron chi connectivity index (χ3n) is 3.64. The minimum atomic E-state index is -0.0105. The standard InChI is InChI=1S/C15H20BrN3O2/c1-10(2)14(20)18-11-5-8-19(9-6-11)15(21)12-4-3-7-17-13(12)16/h3-4,7,10-11H,5-6,8-9H2,1-2H3,(H,18,20). The third-order valence-corrected chi connectivity index (χ3v) is 4.27. The summed E-state index contributed by atoms with van der Waals surface area (Å²) in [7, 11) is 0. The van der Waals surface area contributed by atoms with E-state index in [-0.39, 0.29) is 23.8 Å². The van der Waals surface area contributed by atoms with Gasteiger partial charge >= 0.3 is 0 Å². The van der Waals surface area contributed by atoms with Gasteiger partial charge in [-0.3, -0.25) is 9.59 Å². The maximum Gasteiger partial charge on any atom is 0.256 e. The van der Waals surface area contributed by atoms with Crippen molar-refractivity contribution < 1.29 is 9.59 Å². The highest BCUT2D eigenvalue weighted by Crippen LogP contribution is 2.18. The topological polar surface area (TPSA) is 62.3 Å². The Hall–Kier alpha value is -1.43. The number of aromatic nitrogens is 1. The molecule has 1 aromatic heterocycles. The van der Waals surface area contributed by atoms with E-state index < -0.39 is 0 Å². The van der Waals surface area contributed by atoms with Crippen LogP contribution in [0.2, 0.25) is 0 Å². The summed E-state index contributed by atoms with van der Waals surface area (Å²) < 4.78 is 0.574. The maximum atomic E-state index is 12.4. The van der Waals surface area contributed by atoms with Crippen LogP contribution in [0, 0.1) is 5.92 Å². The van der Waals surface area contributed by atoms with Crippen LogP contribution in [0.3, 0.4) is 0 Å². The molecule has 0 unspecified atom stereocenters. The molecular formula is C15H20BrN3O2. The number of carbonyl (C=O) groups excluding carboxylic acids is 2. The lowest BCUT2D eigenvalue weighted by Gasteiger charge is -2.32. The van der Waals surface area contributed by atoms with Gasteiger partial charge in [0.2, 0.25) is 5.91 Å². The predicted octanol–water partition coefficient (Wildman–Crippen LogP) is 2.22. The van der Waals surface area contributed by atoms with Crippen molar-refractivity contribution in [2.75, 3.05) is 13.1 Å². The Morgan fingerprint density at radius 2 is 2.05 bits per heavy atom. The number of piperidine rings is 1. The monoisotopic (exact) mass is 353 g/mol. The molecule has 0 aliphatic carbocycles. The molecule has 114 valence electrons. The first kappa shape index (κ1) is 15.9. The van der Waals surface area contributed by atoms with Gasteiger partial charge < -0.3 is 10.2 Å². The molecule has 1 fully saturated rings. The average Bonchev–Trinajstić information content (AvgIpc) is 2.47. The van der Waals surface area contributed by atoms with Crippen LogP contribution in [-0.4, -0.2) is 40.8 Å². The van der Waals surface area contributed by atoms with E-state index in [2.05, 4.69) is 26.2 Å². The van der Waals surface area contributed by atoms with E-state index in [4.69, 9.17) is 0 Å². The summed E-state index contributed by atoms with van der Waals surface area (Å²) in [5, 5.41) is 3.03. The molecule has 1 N–H and O–H groups in total. The Morgan fingerprint density at radius 1 is 1.38 bits per heavy atom. The number of hydrogen-bond donors (Lipinski definition) is 1. The molecule has 2 heterocycles. The molecule has 0 spiro atoms. The zero-order valence-corrected chi connectivity index (χ0v) is 13.9. The Bertz CT molecular complexity index is 525. The molecule has 1 aromatic rings. The molecule has 0 aromatic carbocycles. The highest BCUT2D eigenvalue weighted by molar-refractivity contribution is 9.10. The molecule has 2 rings (SSSR count). The van der Waals surface area contributed by atoms with Crippen molar-refractivity contribution in [3.8, 4) is 0 Å². The highest BCUT2D eigenvalue weighted by atomic mass is 79.9. The summed E-state index contributed by atoms with van der Waals surface area (Å²) in [6.07, 6.45) is 3.23. The zero-order chi connectivity index (χ0) is 15.4. The van der Waals surface area contributed by atoms with Crippen LogP contribution in [0.5, 0.6) is 0 Å². The molecule has 1 aliphatic heterocycles. The van der Waals surface area contributed by atoms with Gasteiger partial charge in [0, 0.05) is 31.2 Å². The lowest BCUT2D eigenvalue weighted by Crippen LogP contribution is -2.47. The smallest absolute Gasteiger partial charge is 0.256 e. The lowest BCUT2D eigenvalue weighted by atomic mass is 10.0. The maximum absolute atomic E-state index is 12.4. The molecule has 21 heavy (non-hydrogen) atoms. The number of hydrogen-bond acceptors (Lipinski definition) is 3. The highest BCUT2D eigenvalue weighted by Gasteiger charge is 2.26. The van der Waals surface area contributed by atoms with E-state index >= 15 is 0 Å². The van der Waals surface area contributed by atoms with Gasteiger partial charge in [-0.2, -0.15) is 0 Å².